The van der Waals surface area contributed by atoms with E-state index in [2.05, 4.69) is 48.7 Å². The molecule has 1 atom stereocenters. The lowest BCUT2D eigenvalue weighted by Crippen LogP contribution is -2.24. The van der Waals surface area contributed by atoms with E-state index in [9.17, 15) is 4.79 Å². The van der Waals surface area contributed by atoms with E-state index in [1.807, 2.05) is 23.1 Å². The molecule has 2 heterocycles. The molecule has 4 rings (SSSR count). The number of para-hydroxylation sites is 2. The van der Waals surface area contributed by atoms with E-state index >= 15 is 0 Å². The molecule has 3 aromatic rings. The summed E-state index contributed by atoms with van der Waals surface area (Å²) in [6.45, 7) is 6.02. The first kappa shape index (κ1) is 20.6. The second-order valence-corrected chi connectivity index (χ2v) is 8.62. The van der Waals surface area contributed by atoms with Gasteiger partial charge in [-0.1, -0.05) is 63.3 Å². The number of rotatable bonds is 9. The second kappa shape index (κ2) is 9.46. The Morgan fingerprint density at radius 2 is 1.80 bits per heavy atom. The van der Waals surface area contributed by atoms with Gasteiger partial charge in [0.2, 0.25) is 5.91 Å². The van der Waals surface area contributed by atoms with Crippen molar-refractivity contribution in [3.63, 3.8) is 0 Å². The van der Waals surface area contributed by atoms with Crippen LogP contribution in [0.5, 0.6) is 0 Å². The van der Waals surface area contributed by atoms with Crippen molar-refractivity contribution in [2.24, 2.45) is 0 Å². The molecule has 0 spiro atoms. The molecular formula is C26H33N3O. The van der Waals surface area contributed by atoms with Crippen molar-refractivity contribution in [2.75, 3.05) is 11.4 Å². The van der Waals surface area contributed by atoms with E-state index in [4.69, 9.17) is 4.98 Å². The van der Waals surface area contributed by atoms with Crippen molar-refractivity contribution in [1.82, 2.24) is 9.55 Å². The zero-order valence-corrected chi connectivity index (χ0v) is 18.3. The highest BCUT2D eigenvalue weighted by molar-refractivity contribution is 5.96. The topological polar surface area (TPSA) is 38.1 Å². The Labute approximate surface area is 179 Å². The lowest BCUT2D eigenvalue weighted by molar-refractivity contribution is -0.117. The highest BCUT2D eigenvalue weighted by Crippen LogP contribution is 2.33. The van der Waals surface area contributed by atoms with Gasteiger partial charge in [-0.2, -0.15) is 0 Å². The number of hydrogen-bond acceptors (Lipinski definition) is 2. The largest absolute Gasteiger partial charge is 0.328 e. The fourth-order valence-electron chi connectivity index (χ4n) is 4.62. The van der Waals surface area contributed by atoms with Crippen LogP contribution in [0, 0.1) is 6.92 Å². The molecule has 1 saturated heterocycles. The molecule has 0 saturated carbocycles. The number of unbranched alkanes of at least 4 members (excludes halogenated alkanes) is 5. The number of hydrogen-bond donors (Lipinski definition) is 0. The Morgan fingerprint density at radius 1 is 1.00 bits per heavy atom. The first-order valence-corrected chi connectivity index (χ1v) is 11.5. The van der Waals surface area contributed by atoms with Gasteiger partial charge in [-0.05, 0) is 43.2 Å². The van der Waals surface area contributed by atoms with Crippen molar-refractivity contribution < 1.29 is 4.79 Å². The van der Waals surface area contributed by atoms with E-state index in [1.165, 1.54) is 49.6 Å². The SMILES string of the molecule is CCCCCCCCn1c(C2CC(=O)N(c3cccc(C)c3)C2)nc2ccccc21. The molecule has 1 aliphatic heterocycles. The second-order valence-electron chi connectivity index (χ2n) is 8.62. The van der Waals surface area contributed by atoms with Gasteiger partial charge in [0.05, 0.1) is 11.0 Å². The van der Waals surface area contributed by atoms with Gasteiger partial charge in [0, 0.05) is 31.1 Å². The average molecular weight is 404 g/mol. The number of imidazole rings is 1. The summed E-state index contributed by atoms with van der Waals surface area (Å²) in [6.07, 6.45) is 8.20. The zero-order chi connectivity index (χ0) is 20.9. The average Bonchev–Trinajstić information content (AvgIpc) is 3.31. The molecule has 1 unspecified atom stereocenters. The molecular weight excluding hydrogens is 370 g/mol. The summed E-state index contributed by atoms with van der Waals surface area (Å²) >= 11 is 0. The monoisotopic (exact) mass is 403 g/mol. The summed E-state index contributed by atoms with van der Waals surface area (Å²) in [5.41, 5.74) is 4.42. The van der Waals surface area contributed by atoms with Gasteiger partial charge < -0.3 is 9.47 Å². The van der Waals surface area contributed by atoms with Crippen molar-refractivity contribution in [2.45, 2.75) is 71.3 Å². The predicted octanol–water partition coefficient (Wildman–Crippen LogP) is 6.23. The highest BCUT2D eigenvalue weighted by atomic mass is 16.2. The summed E-state index contributed by atoms with van der Waals surface area (Å²) in [5.74, 6) is 1.42. The number of nitrogens with zero attached hydrogens (tertiary/aromatic N) is 3. The number of carbonyl (C=O) groups excluding carboxylic acids is 1. The third kappa shape index (κ3) is 4.43. The van der Waals surface area contributed by atoms with Gasteiger partial charge in [0.25, 0.3) is 0 Å². The molecule has 0 N–H and O–H groups in total. The molecule has 158 valence electrons. The van der Waals surface area contributed by atoms with Gasteiger partial charge >= 0.3 is 0 Å². The third-order valence-electron chi connectivity index (χ3n) is 6.22. The molecule has 0 bridgehead atoms. The maximum atomic E-state index is 12.8. The van der Waals surface area contributed by atoms with Crippen LogP contribution in [-0.4, -0.2) is 22.0 Å². The molecule has 4 nitrogen and oxygen atoms in total. The summed E-state index contributed by atoms with van der Waals surface area (Å²) in [5, 5.41) is 0. The number of anilines is 1. The normalized spacial score (nSPS) is 16.7. The minimum Gasteiger partial charge on any atom is -0.328 e. The van der Waals surface area contributed by atoms with Crippen LogP contribution < -0.4 is 4.90 Å². The van der Waals surface area contributed by atoms with E-state index in [0.29, 0.717) is 13.0 Å². The first-order valence-electron chi connectivity index (χ1n) is 11.5. The first-order chi connectivity index (χ1) is 14.7. The van der Waals surface area contributed by atoms with Crippen molar-refractivity contribution in [3.05, 3.63) is 59.9 Å². The van der Waals surface area contributed by atoms with Crippen LogP contribution in [0.3, 0.4) is 0 Å². The van der Waals surface area contributed by atoms with Crippen LogP contribution in [0.1, 0.15) is 69.2 Å². The van der Waals surface area contributed by atoms with Gasteiger partial charge in [-0.3, -0.25) is 4.79 Å². The number of fused-ring (bicyclic) bond motifs is 1. The summed E-state index contributed by atoms with van der Waals surface area (Å²) in [4.78, 5) is 19.8. The van der Waals surface area contributed by atoms with Crippen LogP contribution in [-0.2, 0) is 11.3 Å². The van der Waals surface area contributed by atoms with E-state index < -0.39 is 0 Å². The van der Waals surface area contributed by atoms with E-state index in [0.717, 1.165) is 23.6 Å². The number of carbonyl (C=O) groups is 1. The molecule has 4 heteroatoms. The summed E-state index contributed by atoms with van der Waals surface area (Å²) < 4.78 is 2.38. The minimum atomic E-state index is 0.144. The molecule has 1 aromatic heterocycles. The van der Waals surface area contributed by atoms with Crippen molar-refractivity contribution >= 4 is 22.6 Å². The third-order valence-corrected chi connectivity index (χ3v) is 6.22. The quantitative estimate of drug-likeness (QED) is 0.397. The van der Waals surface area contributed by atoms with Gasteiger partial charge in [-0.25, -0.2) is 4.98 Å². The molecule has 0 aliphatic carbocycles. The number of aromatic nitrogens is 2. The standard InChI is InChI=1S/C26H33N3O/c1-3-4-5-6-7-10-16-28-24-15-9-8-14-23(24)27-26(28)21-18-25(30)29(19-21)22-13-11-12-20(2)17-22/h8-9,11-15,17,21H,3-7,10,16,18-19H2,1-2H3. The smallest absolute Gasteiger partial charge is 0.227 e. The Hall–Kier alpha value is -2.62. The maximum Gasteiger partial charge on any atom is 0.227 e. The number of benzene rings is 2. The van der Waals surface area contributed by atoms with Crippen LogP contribution in [0.25, 0.3) is 11.0 Å². The van der Waals surface area contributed by atoms with Gasteiger partial charge in [0.1, 0.15) is 5.82 Å². The molecule has 1 amide bonds. The van der Waals surface area contributed by atoms with Crippen molar-refractivity contribution in [3.8, 4) is 0 Å². The number of aryl methyl sites for hydroxylation is 2. The van der Waals surface area contributed by atoms with E-state index in [-0.39, 0.29) is 11.8 Å². The van der Waals surface area contributed by atoms with Crippen LogP contribution in [0.15, 0.2) is 48.5 Å². The van der Waals surface area contributed by atoms with Crippen LogP contribution in [0.2, 0.25) is 0 Å². The Balaban J connectivity index is 1.54. The molecule has 2 aromatic carbocycles. The Bertz CT molecular complexity index is 1010. The number of amides is 1. The maximum absolute atomic E-state index is 12.8. The van der Waals surface area contributed by atoms with Gasteiger partial charge in [-0.15, -0.1) is 0 Å². The molecule has 1 aliphatic rings. The fourth-order valence-corrected chi connectivity index (χ4v) is 4.62. The molecule has 1 fully saturated rings. The lowest BCUT2D eigenvalue weighted by atomic mass is 10.1. The lowest BCUT2D eigenvalue weighted by Gasteiger charge is -2.18. The fraction of sp³-hybridized carbons (Fsp3) is 0.462. The Kier molecular flexibility index (Phi) is 6.51. The van der Waals surface area contributed by atoms with Crippen LogP contribution >= 0.6 is 0 Å². The molecule has 0 radical (unpaired) electrons. The highest BCUT2D eigenvalue weighted by Gasteiger charge is 2.34. The van der Waals surface area contributed by atoms with Gasteiger partial charge in [0.15, 0.2) is 0 Å². The summed E-state index contributed by atoms with van der Waals surface area (Å²) in [6, 6.07) is 16.6. The molecule has 30 heavy (non-hydrogen) atoms. The minimum absolute atomic E-state index is 0.144. The van der Waals surface area contributed by atoms with Crippen LogP contribution in [0.4, 0.5) is 5.69 Å². The predicted molar refractivity (Wildman–Crippen MR) is 124 cm³/mol. The van der Waals surface area contributed by atoms with E-state index in [1.54, 1.807) is 0 Å². The summed E-state index contributed by atoms with van der Waals surface area (Å²) in [7, 11) is 0. The van der Waals surface area contributed by atoms with Crippen molar-refractivity contribution in [1.29, 1.82) is 0 Å². The zero-order valence-electron chi connectivity index (χ0n) is 18.3. The Morgan fingerprint density at radius 3 is 2.63 bits per heavy atom.